The van der Waals surface area contributed by atoms with Crippen LogP contribution in [-0.2, 0) is 14.6 Å². The van der Waals surface area contributed by atoms with Gasteiger partial charge in [-0.25, -0.2) is 8.42 Å². The first kappa shape index (κ1) is 14.3. The maximum Gasteiger partial charge on any atom is 0.203 e. The summed E-state index contributed by atoms with van der Waals surface area (Å²) in [5, 5.41) is 0. The average molecular weight is 302 g/mol. The van der Waals surface area contributed by atoms with Gasteiger partial charge in [0, 0.05) is 6.42 Å². The number of hydrogen-bond acceptors (Lipinski definition) is 3. The molecule has 1 aromatic rings. The molecule has 0 atom stereocenters. The molecule has 0 unspecified atom stereocenters. The zero-order valence-corrected chi connectivity index (χ0v) is 12.7. The molecule has 3 rings (SSSR count). The highest BCUT2D eigenvalue weighted by Crippen LogP contribution is 2.38. The monoisotopic (exact) mass is 302 g/mol. The smallest absolute Gasteiger partial charge is 0.203 e. The van der Waals surface area contributed by atoms with Crippen LogP contribution in [0.3, 0.4) is 0 Å². The number of benzene rings is 1. The fourth-order valence-corrected chi connectivity index (χ4v) is 4.83. The van der Waals surface area contributed by atoms with Gasteiger partial charge in [-0.2, -0.15) is 0 Å². The summed E-state index contributed by atoms with van der Waals surface area (Å²) in [4.78, 5) is 12.5. The van der Waals surface area contributed by atoms with Gasteiger partial charge in [0.15, 0.2) is 5.78 Å². The highest BCUT2D eigenvalue weighted by atomic mass is 32.2. The predicted octanol–water partition coefficient (Wildman–Crippen LogP) is 3.58. The summed E-state index contributed by atoms with van der Waals surface area (Å²) >= 11 is 0. The predicted molar refractivity (Wildman–Crippen MR) is 81.4 cm³/mol. The topological polar surface area (TPSA) is 51.2 Å². The highest BCUT2D eigenvalue weighted by Gasteiger charge is 2.30. The third-order valence-corrected chi connectivity index (χ3v) is 6.13. The molecule has 0 aliphatic heterocycles. The van der Waals surface area contributed by atoms with E-state index in [0.717, 1.165) is 36.8 Å². The molecule has 0 radical (unpaired) electrons. The zero-order valence-electron chi connectivity index (χ0n) is 11.8. The minimum atomic E-state index is -3.49. The number of carbonyl (C=O) groups excluding carboxylic acids is 1. The molecule has 0 saturated heterocycles. The molecule has 0 heterocycles. The second kappa shape index (κ2) is 5.60. The lowest BCUT2D eigenvalue weighted by Crippen LogP contribution is -2.10. The van der Waals surface area contributed by atoms with Crippen LogP contribution in [-0.4, -0.2) is 14.2 Å². The fraction of sp³-hybridized carbons (Fsp3) is 0.353. The zero-order chi connectivity index (χ0) is 14.9. The molecule has 0 N–H and O–H groups in total. The van der Waals surface area contributed by atoms with Gasteiger partial charge in [0.25, 0.3) is 0 Å². The fourth-order valence-electron chi connectivity index (χ4n) is 3.09. The minimum Gasteiger partial charge on any atom is -0.294 e. The Balaban J connectivity index is 2.14. The van der Waals surface area contributed by atoms with Gasteiger partial charge < -0.3 is 0 Å². The quantitative estimate of drug-likeness (QED) is 0.839. The first-order valence-corrected chi connectivity index (χ1v) is 8.83. The van der Waals surface area contributed by atoms with E-state index in [0.29, 0.717) is 16.2 Å². The second-order valence-electron chi connectivity index (χ2n) is 5.59. The van der Waals surface area contributed by atoms with Crippen molar-refractivity contribution in [2.75, 3.05) is 0 Å². The molecule has 2 aliphatic rings. The minimum absolute atomic E-state index is 0.0302. The lowest BCUT2D eigenvalue weighted by molar-refractivity contribution is -0.113. The van der Waals surface area contributed by atoms with Gasteiger partial charge >= 0.3 is 0 Å². The third-order valence-electron chi connectivity index (χ3n) is 4.14. The Labute approximate surface area is 125 Å². The van der Waals surface area contributed by atoms with Crippen LogP contribution in [0.25, 0.3) is 0 Å². The first-order valence-electron chi connectivity index (χ1n) is 7.35. The van der Waals surface area contributed by atoms with Crippen molar-refractivity contribution in [3.8, 4) is 0 Å². The van der Waals surface area contributed by atoms with Crippen LogP contribution in [0, 0.1) is 0 Å². The molecular weight excluding hydrogens is 284 g/mol. The summed E-state index contributed by atoms with van der Waals surface area (Å²) in [5.41, 5.74) is 1.71. The molecular formula is C17H18O3S. The Morgan fingerprint density at radius 2 is 1.62 bits per heavy atom. The van der Waals surface area contributed by atoms with Gasteiger partial charge in [-0.15, -0.1) is 0 Å². The van der Waals surface area contributed by atoms with Crippen molar-refractivity contribution in [3.05, 3.63) is 52.5 Å². The molecule has 4 heteroatoms. The van der Waals surface area contributed by atoms with Crippen molar-refractivity contribution in [1.29, 1.82) is 0 Å². The number of ketones is 1. The van der Waals surface area contributed by atoms with Crippen LogP contribution >= 0.6 is 0 Å². The molecule has 0 spiro atoms. The Bertz CT molecular complexity index is 725. The lowest BCUT2D eigenvalue weighted by Gasteiger charge is -2.17. The summed E-state index contributed by atoms with van der Waals surface area (Å²) in [6.07, 6.45) is 6.14. The van der Waals surface area contributed by atoms with Crippen molar-refractivity contribution in [2.24, 2.45) is 0 Å². The maximum atomic E-state index is 12.9. The van der Waals surface area contributed by atoms with Crippen LogP contribution in [0.2, 0.25) is 0 Å². The average Bonchev–Trinajstić information content (AvgIpc) is 2.80. The summed E-state index contributed by atoms with van der Waals surface area (Å²) in [7, 11) is -3.49. The van der Waals surface area contributed by atoms with E-state index in [1.165, 1.54) is 0 Å². The van der Waals surface area contributed by atoms with E-state index in [1.807, 2.05) is 0 Å². The number of rotatable bonds is 2. The van der Waals surface area contributed by atoms with Gasteiger partial charge in [0.2, 0.25) is 9.84 Å². The van der Waals surface area contributed by atoms with Crippen molar-refractivity contribution in [2.45, 2.75) is 43.4 Å². The molecule has 1 aromatic carbocycles. The van der Waals surface area contributed by atoms with Crippen LogP contribution in [0.4, 0.5) is 0 Å². The van der Waals surface area contributed by atoms with Crippen LogP contribution in [0.15, 0.2) is 57.4 Å². The van der Waals surface area contributed by atoms with Gasteiger partial charge in [-0.1, -0.05) is 24.6 Å². The maximum absolute atomic E-state index is 12.9. The van der Waals surface area contributed by atoms with E-state index < -0.39 is 9.84 Å². The van der Waals surface area contributed by atoms with Gasteiger partial charge in [0.05, 0.1) is 9.80 Å². The third kappa shape index (κ3) is 2.72. The molecule has 0 saturated carbocycles. The number of carbonyl (C=O) groups is 1. The summed E-state index contributed by atoms with van der Waals surface area (Å²) in [5.74, 6) is 0.0302. The summed E-state index contributed by atoms with van der Waals surface area (Å²) in [6.45, 7) is 0. The Morgan fingerprint density at radius 3 is 2.38 bits per heavy atom. The largest absolute Gasteiger partial charge is 0.294 e. The van der Waals surface area contributed by atoms with E-state index >= 15 is 0 Å². The van der Waals surface area contributed by atoms with Crippen molar-refractivity contribution in [1.82, 2.24) is 0 Å². The molecule has 0 fully saturated rings. The summed E-state index contributed by atoms with van der Waals surface area (Å²) < 4.78 is 25.8. The number of allylic oxidation sites excluding steroid dienone is 4. The molecule has 2 aliphatic carbocycles. The number of hydrogen-bond donors (Lipinski definition) is 0. The number of fused-ring (bicyclic) bond motifs is 1. The van der Waals surface area contributed by atoms with E-state index in [9.17, 15) is 13.2 Å². The molecule has 110 valence electrons. The van der Waals surface area contributed by atoms with E-state index in [2.05, 4.69) is 0 Å². The molecule has 0 bridgehead atoms. The lowest BCUT2D eigenvalue weighted by atomic mass is 9.97. The highest BCUT2D eigenvalue weighted by molar-refractivity contribution is 7.95. The Morgan fingerprint density at radius 1 is 0.905 bits per heavy atom. The van der Waals surface area contributed by atoms with E-state index in [4.69, 9.17) is 0 Å². The van der Waals surface area contributed by atoms with Gasteiger partial charge in [0.1, 0.15) is 0 Å². The SMILES string of the molecule is O=C1C=C2CCCCC/C(S(=O)(=O)c3ccccc3)=C\2C1. The van der Waals surface area contributed by atoms with E-state index in [-0.39, 0.29) is 12.2 Å². The summed E-state index contributed by atoms with van der Waals surface area (Å²) in [6, 6.07) is 8.53. The standard InChI is InChI=1S/C17H18O3S/c18-14-11-13-7-3-1-6-10-17(16(13)12-14)21(19,20)15-8-4-2-5-9-15/h2,4-5,8-9,11H,1,3,6-7,10,12H2/b17-16+. The molecule has 21 heavy (non-hydrogen) atoms. The van der Waals surface area contributed by atoms with Crippen LogP contribution < -0.4 is 0 Å². The molecule has 0 aromatic heterocycles. The van der Waals surface area contributed by atoms with E-state index in [1.54, 1.807) is 36.4 Å². The van der Waals surface area contributed by atoms with Crippen molar-refractivity contribution >= 4 is 15.6 Å². The number of sulfone groups is 1. The van der Waals surface area contributed by atoms with Crippen molar-refractivity contribution in [3.63, 3.8) is 0 Å². The second-order valence-corrected chi connectivity index (χ2v) is 7.56. The molecule has 3 nitrogen and oxygen atoms in total. The van der Waals surface area contributed by atoms with Crippen LogP contribution in [0.1, 0.15) is 38.5 Å². The normalized spacial score (nSPS) is 23.2. The Hall–Kier alpha value is -1.68. The van der Waals surface area contributed by atoms with Crippen molar-refractivity contribution < 1.29 is 13.2 Å². The van der Waals surface area contributed by atoms with Gasteiger partial charge in [-0.3, -0.25) is 4.79 Å². The first-order chi connectivity index (χ1) is 10.1. The van der Waals surface area contributed by atoms with Crippen LogP contribution in [0.5, 0.6) is 0 Å². The van der Waals surface area contributed by atoms with Gasteiger partial charge in [-0.05, 0) is 55.0 Å². The Kier molecular flexibility index (Phi) is 3.81. The molecule has 0 amide bonds.